The van der Waals surface area contributed by atoms with Crippen molar-refractivity contribution < 1.29 is 0 Å². The van der Waals surface area contributed by atoms with Crippen LogP contribution in [0.1, 0.15) is 16.1 Å². The van der Waals surface area contributed by atoms with Crippen LogP contribution in [0.4, 0.5) is 0 Å². The normalized spacial score (nSPS) is 10.2. The smallest absolute Gasteiger partial charge is 0.0991 e. The first-order valence-electron chi connectivity index (χ1n) is 6.34. The third-order valence-corrected chi connectivity index (χ3v) is 3.89. The molecule has 0 aliphatic carbocycles. The topological polar surface area (TPSA) is 36.7 Å². The van der Waals surface area contributed by atoms with Crippen LogP contribution in [0.3, 0.4) is 0 Å². The number of rotatable bonds is 3. The highest BCUT2D eigenvalue weighted by Crippen LogP contribution is 2.24. The van der Waals surface area contributed by atoms with E-state index in [1.54, 1.807) is 17.4 Å². The maximum absolute atomic E-state index is 8.94. The van der Waals surface area contributed by atoms with Gasteiger partial charge in [0.15, 0.2) is 0 Å². The van der Waals surface area contributed by atoms with Crippen LogP contribution in [0.5, 0.6) is 0 Å². The summed E-state index contributed by atoms with van der Waals surface area (Å²) in [5, 5.41) is 12.1. The molecule has 0 bridgehead atoms. The van der Waals surface area contributed by atoms with Crippen LogP contribution in [-0.2, 0) is 6.42 Å². The van der Waals surface area contributed by atoms with Crippen molar-refractivity contribution in [1.82, 2.24) is 4.98 Å². The second-order valence-electron chi connectivity index (χ2n) is 4.48. The number of benzene rings is 2. The Kier molecular flexibility index (Phi) is 3.58. The molecule has 0 saturated carbocycles. The molecule has 0 radical (unpaired) electrons. The van der Waals surface area contributed by atoms with Gasteiger partial charge in [-0.05, 0) is 17.7 Å². The number of aromatic nitrogens is 1. The summed E-state index contributed by atoms with van der Waals surface area (Å²) in [6.45, 7) is 0. The summed E-state index contributed by atoms with van der Waals surface area (Å²) in [6.07, 6.45) is 0.851. The van der Waals surface area contributed by atoms with Gasteiger partial charge in [-0.2, -0.15) is 5.26 Å². The number of hydrogen-bond acceptors (Lipinski definition) is 3. The molecule has 3 rings (SSSR count). The van der Waals surface area contributed by atoms with E-state index >= 15 is 0 Å². The van der Waals surface area contributed by atoms with Crippen molar-refractivity contribution in [3.8, 4) is 17.3 Å². The highest BCUT2D eigenvalue weighted by atomic mass is 32.1. The molecule has 0 amide bonds. The molecular formula is C17H12N2S. The van der Waals surface area contributed by atoms with Crippen molar-refractivity contribution >= 4 is 11.3 Å². The Labute approximate surface area is 122 Å². The van der Waals surface area contributed by atoms with Crippen molar-refractivity contribution in [1.29, 1.82) is 5.26 Å². The van der Waals surface area contributed by atoms with Gasteiger partial charge in [-0.15, -0.1) is 11.3 Å². The Hall–Kier alpha value is -2.44. The molecule has 0 atom stereocenters. The molecular weight excluding hydrogens is 264 g/mol. The van der Waals surface area contributed by atoms with Gasteiger partial charge in [0.05, 0.1) is 22.3 Å². The van der Waals surface area contributed by atoms with Crippen LogP contribution in [0.2, 0.25) is 0 Å². The van der Waals surface area contributed by atoms with Gasteiger partial charge in [0.25, 0.3) is 0 Å². The van der Waals surface area contributed by atoms with Crippen LogP contribution < -0.4 is 0 Å². The zero-order valence-electron chi connectivity index (χ0n) is 10.8. The molecule has 3 aromatic rings. The fraction of sp³-hybridized carbons (Fsp3) is 0.0588. The molecule has 0 unspecified atom stereocenters. The van der Waals surface area contributed by atoms with E-state index in [1.165, 1.54) is 5.56 Å². The van der Waals surface area contributed by atoms with Crippen LogP contribution in [0, 0.1) is 11.3 Å². The molecule has 1 aromatic heterocycles. The lowest BCUT2D eigenvalue weighted by atomic mass is 10.1. The zero-order valence-corrected chi connectivity index (χ0v) is 11.6. The molecule has 96 valence electrons. The van der Waals surface area contributed by atoms with Gasteiger partial charge >= 0.3 is 0 Å². The van der Waals surface area contributed by atoms with E-state index in [0.29, 0.717) is 5.56 Å². The molecule has 2 nitrogen and oxygen atoms in total. The molecule has 0 aliphatic rings. The molecule has 20 heavy (non-hydrogen) atoms. The van der Waals surface area contributed by atoms with Gasteiger partial charge in [-0.1, -0.05) is 42.5 Å². The Morgan fingerprint density at radius 2 is 1.90 bits per heavy atom. The Morgan fingerprint density at radius 1 is 1.05 bits per heavy atom. The summed E-state index contributed by atoms with van der Waals surface area (Å²) >= 11 is 1.66. The highest BCUT2D eigenvalue weighted by molar-refractivity contribution is 7.10. The van der Waals surface area contributed by atoms with Crippen molar-refractivity contribution in [2.24, 2.45) is 0 Å². The maximum Gasteiger partial charge on any atom is 0.0991 e. The van der Waals surface area contributed by atoms with E-state index in [9.17, 15) is 0 Å². The van der Waals surface area contributed by atoms with E-state index in [-0.39, 0.29) is 0 Å². The van der Waals surface area contributed by atoms with Crippen LogP contribution in [0.15, 0.2) is 60.0 Å². The van der Waals surface area contributed by atoms with Crippen molar-refractivity contribution in [2.45, 2.75) is 6.42 Å². The Balaban J connectivity index is 1.85. The summed E-state index contributed by atoms with van der Waals surface area (Å²) in [4.78, 5) is 4.66. The minimum Gasteiger partial charge on any atom is -0.241 e. The second kappa shape index (κ2) is 5.68. The predicted octanol–water partition coefficient (Wildman–Crippen LogP) is 4.27. The fourth-order valence-electron chi connectivity index (χ4n) is 2.04. The van der Waals surface area contributed by atoms with Gasteiger partial charge < -0.3 is 0 Å². The third-order valence-electron chi connectivity index (χ3n) is 3.04. The standard InChI is InChI=1S/C17H12N2S/c18-11-14-7-4-8-15(9-14)16-12-20-17(19-16)10-13-5-2-1-3-6-13/h1-9,12H,10H2. The predicted molar refractivity (Wildman–Crippen MR) is 81.5 cm³/mol. The lowest BCUT2D eigenvalue weighted by Gasteiger charge is -1.98. The van der Waals surface area contributed by atoms with Crippen LogP contribution in [-0.4, -0.2) is 4.98 Å². The minimum atomic E-state index is 0.667. The quantitative estimate of drug-likeness (QED) is 0.716. The Bertz CT molecular complexity index is 754. The second-order valence-corrected chi connectivity index (χ2v) is 5.42. The van der Waals surface area contributed by atoms with E-state index in [1.807, 2.05) is 36.4 Å². The lowest BCUT2D eigenvalue weighted by Crippen LogP contribution is -1.87. The number of nitrogens with zero attached hydrogens (tertiary/aromatic N) is 2. The summed E-state index contributed by atoms with van der Waals surface area (Å²) in [5.74, 6) is 0. The maximum atomic E-state index is 8.94. The summed E-state index contributed by atoms with van der Waals surface area (Å²) in [7, 11) is 0. The minimum absolute atomic E-state index is 0.667. The lowest BCUT2D eigenvalue weighted by molar-refractivity contribution is 1.14. The highest BCUT2D eigenvalue weighted by Gasteiger charge is 2.06. The molecule has 0 N–H and O–H groups in total. The summed E-state index contributed by atoms with van der Waals surface area (Å²) < 4.78 is 0. The van der Waals surface area contributed by atoms with E-state index in [4.69, 9.17) is 5.26 Å². The van der Waals surface area contributed by atoms with Crippen molar-refractivity contribution in [3.05, 3.63) is 76.1 Å². The monoisotopic (exact) mass is 276 g/mol. The zero-order chi connectivity index (χ0) is 13.8. The van der Waals surface area contributed by atoms with E-state index in [0.717, 1.165) is 22.7 Å². The third kappa shape index (κ3) is 2.76. The van der Waals surface area contributed by atoms with Crippen LogP contribution >= 0.6 is 11.3 Å². The first-order valence-corrected chi connectivity index (χ1v) is 7.22. The largest absolute Gasteiger partial charge is 0.241 e. The first kappa shape index (κ1) is 12.6. The van der Waals surface area contributed by atoms with Gasteiger partial charge in [0.1, 0.15) is 0 Å². The molecule has 3 heteroatoms. The molecule has 0 aliphatic heterocycles. The van der Waals surface area contributed by atoms with Gasteiger partial charge in [-0.25, -0.2) is 4.98 Å². The summed E-state index contributed by atoms with van der Waals surface area (Å²) in [5.41, 5.74) is 3.87. The average molecular weight is 276 g/mol. The van der Waals surface area contributed by atoms with Crippen LogP contribution in [0.25, 0.3) is 11.3 Å². The van der Waals surface area contributed by atoms with Crippen molar-refractivity contribution in [2.75, 3.05) is 0 Å². The van der Waals surface area contributed by atoms with E-state index in [2.05, 4.69) is 28.6 Å². The van der Waals surface area contributed by atoms with E-state index < -0.39 is 0 Å². The SMILES string of the molecule is N#Cc1cccc(-c2csc(Cc3ccccc3)n2)c1. The molecule has 1 heterocycles. The Morgan fingerprint density at radius 3 is 2.70 bits per heavy atom. The van der Waals surface area contributed by atoms with Gasteiger partial charge in [0, 0.05) is 17.4 Å². The molecule has 2 aromatic carbocycles. The number of thiazole rings is 1. The van der Waals surface area contributed by atoms with Crippen molar-refractivity contribution in [3.63, 3.8) is 0 Å². The number of nitriles is 1. The van der Waals surface area contributed by atoms with Gasteiger partial charge in [0.2, 0.25) is 0 Å². The fourth-order valence-corrected chi connectivity index (χ4v) is 2.88. The molecule has 0 spiro atoms. The average Bonchev–Trinajstić information content (AvgIpc) is 2.97. The first-order chi connectivity index (χ1) is 9.85. The molecule has 0 fully saturated rings. The number of hydrogen-bond donors (Lipinski definition) is 0. The van der Waals surface area contributed by atoms with Gasteiger partial charge in [-0.3, -0.25) is 0 Å². The molecule has 0 saturated heterocycles. The summed E-state index contributed by atoms with van der Waals surface area (Å²) in [6, 6.07) is 20.0.